The van der Waals surface area contributed by atoms with E-state index in [-0.39, 0.29) is 0 Å². The summed E-state index contributed by atoms with van der Waals surface area (Å²) in [5, 5.41) is 3.43. The number of nitrogens with two attached hydrogens (primary N) is 1. The molecule has 0 spiro atoms. The van der Waals surface area contributed by atoms with Crippen LogP contribution in [0.2, 0.25) is 0 Å². The third-order valence-corrected chi connectivity index (χ3v) is 3.18. The van der Waals surface area contributed by atoms with E-state index in [0.29, 0.717) is 5.92 Å². The van der Waals surface area contributed by atoms with Gasteiger partial charge >= 0.3 is 0 Å². The third-order valence-electron chi connectivity index (χ3n) is 3.18. The monoisotopic (exact) mass is 240 g/mol. The Morgan fingerprint density at radius 1 is 1.11 bits per heavy atom. The summed E-state index contributed by atoms with van der Waals surface area (Å²) in [6.07, 6.45) is 0. The lowest BCUT2D eigenvalue weighted by Gasteiger charge is -2.15. The molecule has 0 fully saturated rings. The van der Waals surface area contributed by atoms with Crippen molar-refractivity contribution >= 4 is 11.4 Å². The summed E-state index contributed by atoms with van der Waals surface area (Å²) in [5.41, 5.74) is 10.3. The first-order valence-corrected chi connectivity index (χ1v) is 6.32. The van der Waals surface area contributed by atoms with Crippen molar-refractivity contribution in [3.05, 3.63) is 59.7 Å². The molecule has 0 amide bonds. The molecule has 0 saturated carbocycles. The molecule has 94 valence electrons. The molecule has 0 aliphatic carbocycles. The number of anilines is 2. The van der Waals surface area contributed by atoms with Crippen LogP contribution in [0, 0.1) is 6.92 Å². The minimum atomic E-state index is 0.464. The Morgan fingerprint density at radius 2 is 1.83 bits per heavy atom. The van der Waals surface area contributed by atoms with Crippen molar-refractivity contribution in [2.45, 2.75) is 19.8 Å². The molecule has 0 aliphatic heterocycles. The molecule has 2 nitrogen and oxygen atoms in total. The van der Waals surface area contributed by atoms with Gasteiger partial charge in [0.25, 0.3) is 0 Å². The zero-order valence-corrected chi connectivity index (χ0v) is 11.0. The van der Waals surface area contributed by atoms with Crippen LogP contribution >= 0.6 is 0 Å². The fourth-order valence-corrected chi connectivity index (χ4v) is 1.99. The normalized spacial score (nSPS) is 12.1. The van der Waals surface area contributed by atoms with Crippen LogP contribution in [0.3, 0.4) is 0 Å². The summed E-state index contributed by atoms with van der Waals surface area (Å²) in [7, 11) is 0. The SMILES string of the molecule is Cc1ccc(N)c(NCC(C)c2ccccc2)c1. The van der Waals surface area contributed by atoms with Crippen molar-refractivity contribution in [2.75, 3.05) is 17.6 Å². The van der Waals surface area contributed by atoms with Crippen LogP contribution in [0.4, 0.5) is 11.4 Å². The van der Waals surface area contributed by atoms with Crippen molar-refractivity contribution < 1.29 is 0 Å². The summed E-state index contributed by atoms with van der Waals surface area (Å²) in [6.45, 7) is 5.18. The molecule has 0 heterocycles. The van der Waals surface area contributed by atoms with Crippen LogP contribution in [0.15, 0.2) is 48.5 Å². The Kier molecular flexibility index (Phi) is 3.88. The van der Waals surface area contributed by atoms with E-state index in [0.717, 1.165) is 17.9 Å². The molecule has 2 aromatic carbocycles. The van der Waals surface area contributed by atoms with Gasteiger partial charge in [-0.25, -0.2) is 0 Å². The number of nitrogens with one attached hydrogen (secondary N) is 1. The lowest BCUT2D eigenvalue weighted by molar-refractivity contribution is 0.805. The van der Waals surface area contributed by atoms with Crippen molar-refractivity contribution in [3.63, 3.8) is 0 Å². The summed E-state index contributed by atoms with van der Waals surface area (Å²) in [4.78, 5) is 0. The quantitative estimate of drug-likeness (QED) is 0.798. The number of benzene rings is 2. The Bertz CT molecular complexity index is 506. The van der Waals surface area contributed by atoms with Crippen LogP contribution < -0.4 is 11.1 Å². The highest BCUT2D eigenvalue weighted by molar-refractivity contribution is 5.67. The predicted molar refractivity (Wildman–Crippen MR) is 78.9 cm³/mol. The molecule has 2 heteroatoms. The van der Waals surface area contributed by atoms with Gasteiger partial charge in [-0.2, -0.15) is 0 Å². The Morgan fingerprint density at radius 3 is 2.56 bits per heavy atom. The number of nitrogen functional groups attached to an aromatic ring is 1. The summed E-state index contributed by atoms with van der Waals surface area (Å²) in [6, 6.07) is 16.6. The molecule has 0 saturated heterocycles. The second-order valence-corrected chi connectivity index (χ2v) is 4.78. The molecule has 0 radical (unpaired) electrons. The molecule has 2 rings (SSSR count). The first-order valence-electron chi connectivity index (χ1n) is 6.32. The van der Waals surface area contributed by atoms with E-state index in [9.17, 15) is 0 Å². The zero-order valence-electron chi connectivity index (χ0n) is 11.0. The number of hydrogen-bond acceptors (Lipinski definition) is 2. The maximum atomic E-state index is 5.95. The number of hydrogen-bond donors (Lipinski definition) is 2. The average Bonchev–Trinajstić information content (AvgIpc) is 2.40. The molecule has 1 unspecified atom stereocenters. The van der Waals surface area contributed by atoms with Gasteiger partial charge in [-0.05, 0) is 36.1 Å². The fraction of sp³-hybridized carbons (Fsp3) is 0.250. The maximum absolute atomic E-state index is 5.95. The second-order valence-electron chi connectivity index (χ2n) is 4.78. The summed E-state index contributed by atoms with van der Waals surface area (Å²) < 4.78 is 0. The number of rotatable bonds is 4. The largest absolute Gasteiger partial charge is 0.397 e. The molecular formula is C16H20N2. The molecule has 0 aliphatic rings. The van der Waals surface area contributed by atoms with Crippen LogP contribution in [0.5, 0.6) is 0 Å². The fourth-order valence-electron chi connectivity index (χ4n) is 1.99. The second kappa shape index (κ2) is 5.58. The van der Waals surface area contributed by atoms with E-state index in [2.05, 4.69) is 49.5 Å². The maximum Gasteiger partial charge on any atom is 0.0576 e. The molecule has 2 aromatic rings. The Labute approximate surface area is 109 Å². The third kappa shape index (κ3) is 3.04. The van der Waals surface area contributed by atoms with Gasteiger partial charge in [0.2, 0.25) is 0 Å². The molecule has 18 heavy (non-hydrogen) atoms. The van der Waals surface area contributed by atoms with Crippen LogP contribution in [0.1, 0.15) is 24.0 Å². The average molecular weight is 240 g/mol. The van der Waals surface area contributed by atoms with Crippen molar-refractivity contribution in [1.29, 1.82) is 0 Å². The van der Waals surface area contributed by atoms with Crippen LogP contribution in [0.25, 0.3) is 0 Å². The van der Waals surface area contributed by atoms with Gasteiger partial charge in [-0.1, -0.05) is 43.3 Å². The highest BCUT2D eigenvalue weighted by atomic mass is 14.9. The van der Waals surface area contributed by atoms with Gasteiger partial charge in [-0.15, -0.1) is 0 Å². The van der Waals surface area contributed by atoms with Gasteiger partial charge in [0.15, 0.2) is 0 Å². The molecule has 0 bridgehead atoms. The van der Waals surface area contributed by atoms with Gasteiger partial charge in [-0.3, -0.25) is 0 Å². The van der Waals surface area contributed by atoms with E-state index in [4.69, 9.17) is 5.73 Å². The minimum absolute atomic E-state index is 0.464. The highest BCUT2D eigenvalue weighted by Crippen LogP contribution is 2.21. The van der Waals surface area contributed by atoms with Crippen LogP contribution in [-0.2, 0) is 0 Å². The van der Waals surface area contributed by atoms with Gasteiger partial charge in [0, 0.05) is 6.54 Å². The molecule has 1 atom stereocenters. The molecular weight excluding hydrogens is 220 g/mol. The van der Waals surface area contributed by atoms with E-state index in [1.54, 1.807) is 0 Å². The summed E-state index contributed by atoms with van der Waals surface area (Å²) in [5.74, 6) is 0.464. The Hall–Kier alpha value is -1.96. The lowest BCUT2D eigenvalue weighted by atomic mass is 10.0. The highest BCUT2D eigenvalue weighted by Gasteiger charge is 2.05. The molecule has 3 N–H and O–H groups in total. The summed E-state index contributed by atoms with van der Waals surface area (Å²) >= 11 is 0. The van der Waals surface area contributed by atoms with E-state index in [1.165, 1.54) is 11.1 Å². The standard InChI is InChI=1S/C16H20N2/c1-12-8-9-15(17)16(10-12)18-11-13(2)14-6-4-3-5-7-14/h3-10,13,18H,11,17H2,1-2H3. The predicted octanol–water partition coefficient (Wildman–Crippen LogP) is 3.79. The van der Waals surface area contributed by atoms with Crippen LogP contribution in [-0.4, -0.2) is 6.54 Å². The number of aryl methyl sites for hydroxylation is 1. The zero-order chi connectivity index (χ0) is 13.0. The van der Waals surface area contributed by atoms with E-state index in [1.807, 2.05) is 18.2 Å². The van der Waals surface area contributed by atoms with E-state index < -0.39 is 0 Å². The minimum Gasteiger partial charge on any atom is -0.397 e. The van der Waals surface area contributed by atoms with Crippen molar-refractivity contribution in [1.82, 2.24) is 0 Å². The van der Waals surface area contributed by atoms with Gasteiger partial charge in [0.05, 0.1) is 11.4 Å². The van der Waals surface area contributed by atoms with E-state index >= 15 is 0 Å². The first kappa shape index (κ1) is 12.5. The molecule has 0 aromatic heterocycles. The Balaban J connectivity index is 2.01. The van der Waals surface area contributed by atoms with Crippen molar-refractivity contribution in [3.8, 4) is 0 Å². The lowest BCUT2D eigenvalue weighted by Crippen LogP contribution is -2.11. The van der Waals surface area contributed by atoms with Gasteiger partial charge in [0.1, 0.15) is 0 Å². The van der Waals surface area contributed by atoms with Gasteiger partial charge < -0.3 is 11.1 Å². The topological polar surface area (TPSA) is 38.0 Å². The smallest absolute Gasteiger partial charge is 0.0576 e. The van der Waals surface area contributed by atoms with Crippen molar-refractivity contribution in [2.24, 2.45) is 0 Å². The first-order chi connectivity index (χ1) is 8.66.